The first kappa shape index (κ1) is 10.9. The summed E-state index contributed by atoms with van der Waals surface area (Å²) in [5.74, 6) is 1.13. The molecule has 1 aromatic carbocycles. The average molecular weight is 240 g/mol. The van der Waals surface area contributed by atoms with Gasteiger partial charge in [-0.25, -0.2) is 9.97 Å². The molecule has 4 heteroatoms. The molecule has 0 radical (unpaired) electrons. The molecule has 0 aliphatic carbocycles. The highest BCUT2D eigenvalue weighted by molar-refractivity contribution is 5.81. The molecule has 18 heavy (non-hydrogen) atoms. The van der Waals surface area contributed by atoms with E-state index in [0.717, 1.165) is 16.7 Å². The lowest BCUT2D eigenvalue weighted by Crippen LogP contribution is -1.96. The van der Waals surface area contributed by atoms with Crippen molar-refractivity contribution in [2.24, 2.45) is 0 Å². The second-order valence-corrected chi connectivity index (χ2v) is 4.13. The van der Waals surface area contributed by atoms with Crippen molar-refractivity contribution in [2.45, 2.75) is 13.5 Å². The summed E-state index contributed by atoms with van der Waals surface area (Å²) < 4.78 is 5.70. The molecule has 4 nitrogen and oxygen atoms in total. The average Bonchev–Trinajstić information content (AvgIpc) is 2.81. The molecular formula is C14H12N2O2. The molecule has 0 fully saturated rings. The zero-order valence-electron chi connectivity index (χ0n) is 9.92. The van der Waals surface area contributed by atoms with Crippen molar-refractivity contribution in [1.82, 2.24) is 9.97 Å². The summed E-state index contributed by atoms with van der Waals surface area (Å²) in [7, 11) is 0. The molecular weight excluding hydrogens is 228 g/mol. The lowest BCUT2D eigenvalue weighted by molar-refractivity contribution is 0.276. The van der Waals surface area contributed by atoms with Crippen molar-refractivity contribution in [3.05, 3.63) is 47.8 Å². The van der Waals surface area contributed by atoms with Gasteiger partial charge in [0.05, 0.1) is 12.3 Å². The molecule has 0 amide bonds. The van der Waals surface area contributed by atoms with Gasteiger partial charge in [0.2, 0.25) is 0 Å². The van der Waals surface area contributed by atoms with E-state index in [1.54, 1.807) is 6.07 Å². The molecule has 0 aliphatic heterocycles. The fraction of sp³-hybridized carbons (Fsp3) is 0.143. The number of aromatic nitrogens is 2. The van der Waals surface area contributed by atoms with Gasteiger partial charge in [-0.15, -0.1) is 0 Å². The zero-order chi connectivity index (χ0) is 12.5. The Kier molecular flexibility index (Phi) is 2.57. The Morgan fingerprint density at radius 1 is 1.17 bits per heavy atom. The van der Waals surface area contributed by atoms with Crippen LogP contribution in [0.4, 0.5) is 0 Å². The molecule has 0 saturated heterocycles. The Balaban J connectivity index is 2.16. The summed E-state index contributed by atoms with van der Waals surface area (Å²) in [5.41, 5.74) is 2.21. The number of rotatable bonds is 2. The van der Waals surface area contributed by atoms with Crippen LogP contribution in [-0.4, -0.2) is 15.1 Å². The first-order chi connectivity index (χ1) is 8.76. The highest BCUT2D eigenvalue weighted by Gasteiger charge is 2.10. The molecule has 0 unspecified atom stereocenters. The van der Waals surface area contributed by atoms with E-state index in [9.17, 15) is 0 Å². The maximum absolute atomic E-state index is 9.15. The third-order valence-corrected chi connectivity index (χ3v) is 2.72. The standard InChI is InChI=1S/C14H12N2O2/c1-9-6-11(8-17)16-14(15-9)13-7-10-4-2-3-5-12(10)18-13/h2-7,17H,8H2,1H3. The van der Waals surface area contributed by atoms with Crippen LogP contribution in [0.25, 0.3) is 22.6 Å². The van der Waals surface area contributed by atoms with Crippen molar-refractivity contribution in [2.75, 3.05) is 0 Å². The van der Waals surface area contributed by atoms with Crippen molar-refractivity contribution >= 4 is 11.0 Å². The van der Waals surface area contributed by atoms with Crippen molar-refractivity contribution in [3.63, 3.8) is 0 Å². The Hall–Kier alpha value is -2.20. The van der Waals surface area contributed by atoms with E-state index in [4.69, 9.17) is 9.52 Å². The van der Waals surface area contributed by atoms with Crippen molar-refractivity contribution in [3.8, 4) is 11.6 Å². The number of benzene rings is 1. The molecule has 0 atom stereocenters. The van der Waals surface area contributed by atoms with Crippen LogP contribution in [0.1, 0.15) is 11.4 Å². The van der Waals surface area contributed by atoms with Crippen LogP contribution in [0.5, 0.6) is 0 Å². The number of hydrogen-bond donors (Lipinski definition) is 1. The molecule has 3 aromatic rings. The number of furan rings is 1. The monoisotopic (exact) mass is 240 g/mol. The topological polar surface area (TPSA) is 59.2 Å². The number of hydrogen-bond acceptors (Lipinski definition) is 4. The molecule has 0 aliphatic rings. The van der Waals surface area contributed by atoms with Gasteiger partial charge < -0.3 is 9.52 Å². The van der Waals surface area contributed by atoms with Crippen LogP contribution >= 0.6 is 0 Å². The van der Waals surface area contributed by atoms with Crippen molar-refractivity contribution in [1.29, 1.82) is 0 Å². The zero-order valence-corrected chi connectivity index (χ0v) is 9.92. The molecule has 1 N–H and O–H groups in total. The van der Waals surface area contributed by atoms with Crippen LogP contribution < -0.4 is 0 Å². The fourth-order valence-electron chi connectivity index (χ4n) is 1.92. The Labute approximate surface area is 104 Å². The molecule has 2 aromatic heterocycles. The van der Waals surface area contributed by atoms with Gasteiger partial charge in [-0.1, -0.05) is 18.2 Å². The van der Waals surface area contributed by atoms with Gasteiger partial charge in [0, 0.05) is 11.1 Å². The van der Waals surface area contributed by atoms with E-state index >= 15 is 0 Å². The third kappa shape index (κ3) is 1.87. The van der Waals surface area contributed by atoms with E-state index in [1.165, 1.54) is 0 Å². The Bertz CT molecular complexity index is 671. The third-order valence-electron chi connectivity index (χ3n) is 2.72. The van der Waals surface area contributed by atoms with E-state index in [0.29, 0.717) is 17.3 Å². The van der Waals surface area contributed by atoms with Gasteiger partial charge in [-0.05, 0) is 25.1 Å². The number of aryl methyl sites for hydroxylation is 1. The van der Waals surface area contributed by atoms with Crippen LogP contribution in [0.3, 0.4) is 0 Å². The largest absolute Gasteiger partial charge is 0.453 e. The van der Waals surface area contributed by atoms with Crippen LogP contribution in [0.2, 0.25) is 0 Å². The summed E-state index contributed by atoms with van der Waals surface area (Å²) in [6.07, 6.45) is 0. The number of aliphatic hydroxyl groups excluding tert-OH is 1. The molecule has 0 saturated carbocycles. The van der Waals surface area contributed by atoms with Crippen LogP contribution in [0, 0.1) is 6.92 Å². The van der Waals surface area contributed by atoms with Gasteiger partial charge in [0.15, 0.2) is 11.6 Å². The fourth-order valence-corrected chi connectivity index (χ4v) is 1.92. The van der Waals surface area contributed by atoms with Crippen LogP contribution in [0.15, 0.2) is 40.8 Å². The first-order valence-electron chi connectivity index (χ1n) is 5.70. The minimum absolute atomic E-state index is 0.101. The lowest BCUT2D eigenvalue weighted by Gasteiger charge is -2.01. The number of fused-ring (bicyclic) bond motifs is 1. The van der Waals surface area contributed by atoms with Gasteiger partial charge >= 0.3 is 0 Å². The maximum atomic E-state index is 9.15. The van der Waals surface area contributed by atoms with Gasteiger partial charge in [-0.3, -0.25) is 0 Å². The number of aliphatic hydroxyl groups is 1. The Morgan fingerprint density at radius 3 is 2.78 bits per heavy atom. The molecule has 0 spiro atoms. The predicted octanol–water partition coefficient (Wildman–Crippen LogP) is 2.69. The second kappa shape index (κ2) is 4.23. The normalized spacial score (nSPS) is 11.0. The summed E-state index contributed by atoms with van der Waals surface area (Å²) in [4.78, 5) is 8.59. The van der Waals surface area contributed by atoms with Crippen molar-refractivity contribution < 1.29 is 9.52 Å². The first-order valence-corrected chi connectivity index (χ1v) is 5.70. The van der Waals surface area contributed by atoms with Gasteiger partial charge in [0.25, 0.3) is 0 Å². The summed E-state index contributed by atoms with van der Waals surface area (Å²) in [6.45, 7) is 1.77. The summed E-state index contributed by atoms with van der Waals surface area (Å²) in [5, 5.41) is 10.2. The second-order valence-electron chi connectivity index (χ2n) is 4.13. The summed E-state index contributed by atoms with van der Waals surface area (Å²) >= 11 is 0. The molecule has 2 heterocycles. The number of nitrogens with zero attached hydrogens (tertiary/aromatic N) is 2. The van der Waals surface area contributed by atoms with E-state index < -0.39 is 0 Å². The highest BCUT2D eigenvalue weighted by atomic mass is 16.3. The molecule has 0 bridgehead atoms. The molecule has 3 rings (SSSR count). The van der Waals surface area contributed by atoms with E-state index in [-0.39, 0.29) is 6.61 Å². The minimum Gasteiger partial charge on any atom is -0.453 e. The van der Waals surface area contributed by atoms with Gasteiger partial charge in [-0.2, -0.15) is 0 Å². The van der Waals surface area contributed by atoms with Gasteiger partial charge in [0.1, 0.15) is 5.58 Å². The lowest BCUT2D eigenvalue weighted by atomic mass is 10.2. The maximum Gasteiger partial charge on any atom is 0.196 e. The Morgan fingerprint density at radius 2 is 2.00 bits per heavy atom. The SMILES string of the molecule is Cc1cc(CO)nc(-c2cc3ccccc3o2)n1. The minimum atomic E-state index is -0.101. The summed E-state index contributed by atoms with van der Waals surface area (Å²) in [6, 6.07) is 11.4. The highest BCUT2D eigenvalue weighted by Crippen LogP contribution is 2.25. The van der Waals surface area contributed by atoms with E-state index in [2.05, 4.69) is 9.97 Å². The van der Waals surface area contributed by atoms with Crippen LogP contribution in [-0.2, 0) is 6.61 Å². The molecule has 90 valence electrons. The quantitative estimate of drug-likeness (QED) is 0.748. The van der Waals surface area contributed by atoms with E-state index in [1.807, 2.05) is 37.3 Å². The smallest absolute Gasteiger partial charge is 0.196 e. The predicted molar refractivity (Wildman–Crippen MR) is 67.9 cm³/mol. The number of para-hydroxylation sites is 1.